The summed E-state index contributed by atoms with van der Waals surface area (Å²) in [6.07, 6.45) is 0. The maximum absolute atomic E-state index is 12.3. The van der Waals surface area contributed by atoms with Crippen LogP contribution in [0.5, 0.6) is 0 Å². The lowest BCUT2D eigenvalue weighted by Crippen LogP contribution is -2.14. The first-order chi connectivity index (χ1) is 9.29. The van der Waals surface area contributed by atoms with Gasteiger partial charge >= 0.3 is 0 Å². The highest BCUT2D eigenvalue weighted by atomic mass is 79.9. The van der Waals surface area contributed by atoms with E-state index in [1.54, 1.807) is 12.1 Å². The van der Waals surface area contributed by atoms with Gasteiger partial charge < -0.3 is 5.73 Å². The summed E-state index contributed by atoms with van der Waals surface area (Å²) in [6, 6.07) is 9.88. The maximum Gasteiger partial charge on any atom is 0.261 e. The van der Waals surface area contributed by atoms with E-state index < -0.39 is 10.0 Å². The lowest BCUT2D eigenvalue weighted by Gasteiger charge is -2.13. The van der Waals surface area contributed by atoms with Gasteiger partial charge in [-0.15, -0.1) is 0 Å². The topological polar surface area (TPSA) is 72.2 Å². The van der Waals surface area contributed by atoms with Crippen molar-refractivity contribution >= 4 is 37.3 Å². The number of aryl methyl sites for hydroxylation is 2. The minimum absolute atomic E-state index is 0.179. The van der Waals surface area contributed by atoms with Gasteiger partial charge in [0, 0.05) is 10.2 Å². The maximum atomic E-state index is 12.3. The molecule has 0 aliphatic heterocycles. The SMILES string of the molecule is Cc1cc(C)c(NS(=O)(=O)c2ccc(N)cc2)c(Br)c1. The van der Waals surface area contributed by atoms with Crippen molar-refractivity contribution in [2.24, 2.45) is 0 Å². The Morgan fingerprint density at radius 1 is 1.10 bits per heavy atom. The van der Waals surface area contributed by atoms with Crippen molar-refractivity contribution in [3.05, 3.63) is 52.0 Å². The third-order valence-electron chi connectivity index (χ3n) is 2.86. The molecule has 0 amide bonds. The Balaban J connectivity index is 2.41. The van der Waals surface area contributed by atoms with Gasteiger partial charge in [0.1, 0.15) is 0 Å². The summed E-state index contributed by atoms with van der Waals surface area (Å²) in [7, 11) is -3.62. The summed E-state index contributed by atoms with van der Waals surface area (Å²) >= 11 is 3.39. The van der Waals surface area contributed by atoms with Crippen LogP contribution >= 0.6 is 15.9 Å². The molecule has 106 valence electrons. The Morgan fingerprint density at radius 2 is 1.70 bits per heavy atom. The molecular weight excluding hydrogens is 340 g/mol. The van der Waals surface area contributed by atoms with Crippen LogP contribution in [-0.2, 0) is 10.0 Å². The van der Waals surface area contributed by atoms with Crippen LogP contribution < -0.4 is 10.5 Å². The molecule has 0 radical (unpaired) electrons. The number of nitrogens with one attached hydrogen (secondary N) is 1. The molecule has 2 aromatic rings. The van der Waals surface area contributed by atoms with E-state index in [0.29, 0.717) is 15.8 Å². The molecule has 0 saturated carbocycles. The molecule has 0 heterocycles. The minimum Gasteiger partial charge on any atom is -0.399 e. The molecule has 0 saturated heterocycles. The van der Waals surface area contributed by atoms with Crippen molar-refractivity contribution < 1.29 is 8.42 Å². The van der Waals surface area contributed by atoms with E-state index in [9.17, 15) is 8.42 Å². The molecule has 2 aromatic carbocycles. The Bertz CT molecular complexity index is 717. The highest BCUT2D eigenvalue weighted by Crippen LogP contribution is 2.30. The van der Waals surface area contributed by atoms with Crippen molar-refractivity contribution in [3.8, 4) is 0 Å². The van der Waals surface area contributed by atoms with Crippen molar-refractivity contribution in [2.75, 3.05) is 10.5 Å². The summed E-state index contributed by atoms with van der Waals surface area (Å²) in [4.78, 5) is 0.179. The second kappa shape index (κ2) is 5.46. The zero-order chi connectivity index (χ0) is 14.9. The molecule has 0 bridgehead atoms. The first-order valence-electron chi connectivity index (χ1n) is 5.95. The molecule has 0 unspecified atom stereocenters. The number of hydrogen-bond acceptors (Lipinski definition) is 3. The molecule has 0 aliphatic rings. The first-order valence-corrected chi connectivity index (χ1v) is 8.22. The van der Waals surface area contributed by atoms with E-state index >= 15 is 0 Å². The van der Waals surface area contributed by atoms with Gasteiger partial charge in [0.2, 0.25) is 0 Å². The number of nitrogen functional groups attached to an aromatic ring is 1. The molecule has 0 fully saturated rings. The van der Waals surface area contributed by atoms with Gasteiger partial charge in [0.05, 0.1) is 10.6 Å². The van der Waals surface area contributed by atoms with Crippen LogP contribution in [0.15, 0.2) is 45.8 Å². The standard InChI is InChI=1S/C14H15BrN2O2S/c1-9-7-10(2)14(13(15)8-9)17-20(18,19)12-5-3-11(16)4-6-12/h3-8,17H,16H2,1-2H3. The number of nitrogens with two attached hydrogens (primary N) is 1. The molecule has 0 aromatic heterocycles. The zero-order valence-corrected chi connectivity index (χ0v) is 13.5. The van der Waals surface area contributed by atoms with Gasteiger partial charge in [-0.3, -0.25) is 4.72 Å². The number of anilines is 2. The molecule has 6 heteroatoms. The number of hydrogen-bond donors (Lipinski definition) is 2. The van der Waals surface area contributed by atoms with Crippen molar-refractivity contribution in [1.29, 1.82) is 0 Å². The average molecular weight is 355 g/mol. The summed E-state index contributed by atoms with van der Waals surface area (Å²) < 4.78 is 28.0. The van der Waals surface area contributed by atoms with Crippen LogP contribution in [0.3, 0.4) is 0 Å². The van der Waals surface area contributed by atoms with Crippen LogP contribution in [0.25, 0.3) is 0 Å². The van der Waals surface area contributed by atoms with E-state index in [1.807, 2.05) is 26.0 Å². The van der Waals surface area contributed by atoms with E-state index in [4.69, 9.17) is 5.73 Å². The second-order valence-corrected chi connectivity index (χ2v) is 7.15. The first kappa shape index (κ1) is 14.9. The summed E-state index contributed by atoms with van der Waals surface area (Å²) in [6.45, 7) is 3.81. The fraction of sp³-hybridized carbons (Fsp3) is 0.143. The Hall–Kier alpha value is -1.53. The Kier molecular flexibility index (Phi) is 4.06. The number of halogens is 1. The summed E-state index contributed by atoms with van der Waals surface area (Å²) in [5.74, 6) is 0. The molecule has 20 heavy (non-hydrogen) atoms. The van der Waals surface area contributed by atoms with Crippen LogP contribution in [0.4, 0.5) is 11.4 Å². The van der Waals surface area contributed by atoms with E-state index in [-0.39, 0.29) is 4.90 Å². The van der Waals surface area contributed by atoms with Crippen molar-refractivity contribution in [2.45, 2.75) is 18.7 Å². The van der Waals surface area contributed by atoms with E-state index in [0.717, 1.165) is 11.1 Å². The van der Waals surface area contributed by atoms with Gasteiger partial charge in [-0.2, -0.15) is 0 Å². The second-order valence-electron chi connectivity index (χ2n) is 4.61. The average Bonchev–Trinajstić information content (AvgIpc) is 2.34. The van der Waals surface area contributed by atoms with E-state index in [1.165, 1.54) is 12.1 Å². The molecule has 3 N–H and O–H groups in total. The smallest absolute Gasteiger partial charge is 0.261 e. The van der Waals surface area contributed by atoms with Gasteiger partial charge in [-0.1, -0.05) is 6.07 Å². The van der Waals surface area contributed by atoms with Crippen LogP contribution in [-0.4, -0.2) is 8.42 Å². The number of sulfonamides is 1. The third kappa shape index (κ3) is 3.13. The normalized spacial score (nSPS) is 11.3. The highest BCUT2D eigenvalue weighted by Gasteiger charge is 2.17. The predicted octanol–water partition coefficient (Wildman–Crippen LogP) is 3.45. The van der Waals surface area contributed by atoms with Gasteiger partial charge in [0.25, 0.3) is 10.0 Å². The fourth-order valence-corrected chi connectivity index (χ4v) is 3.94. The Morgan fingerprint density at radius 3 is 2.25 bits per heavy atom. The quantitative estimate of drug-likeness (QED) is 0.829. The van der Waals surface area contributed by atoms with Crippen LogP contribution in [0.2, 0.25) is 0 Å². The van der Waals surface area contributed by atoms with Crippen LogP contribution in [0.1, 0.15) is 11.1 Å². The monoisotopic (exact) mass is 354 g/mol. The molecule has 0 atom stereocenters. The van der Waals surface area contributed by atoms with E-state index in [2.05, 4.69) is 20.7 Å². The fourth-order valence-electron chi connectivity index (χ4n) is 1.89. The predicted molar refractivity (Wildman–Crippen MR) is 85.3 cm³/mol. The van der Waals surface area contributed by atoms with Gasteiger partial charge in [-0.25, -0.2) is 8.42 Å². The minimum atomic E-state index is -3.62. The summed E-state index contributed by atoms with van der Waals surface area (Å²) in [5.41, 5.74) is 8.56. The van der Waals surface area contributed by atoms with Crippen molar-refractivity contribution in [1.82, 2.24) is 0 Å². The van der Waals surface area contributed by atoms with Crippen molar-refractivity contribution in [3.63, 3.8) is 0 Å². The Labute approximate surface area is 127 Å². The number of rotatable bonds is 3. The van der Waals surface area contributed by atoms with Gasteiger partial charge in [-0.05, 0) is 71.2 Å². The third-order valence-corrected chi connectivity index (χ3v) is 4.85. The molecular formula is C14H15BrN2O2S. The largest absolute Gasteiger partial charge is 0.399 e. The lowest BCUT2D eigenvalue weighted by atomic mass is 10.1. The van der Waals surface area contributed by atoms with Gasteiger partial charge in [0.15, 0.2) is 0 Å². The molecule has 0 spiro atoms. The summed E-state index contributed by atoms with van der Waals surface area (Å²) in [5, 5.41) is 0. The van der Waals surface area contributed by atoms with Crippen LogP contribution in [0, 0.1) is 13.8 Å². The zero-order valence-electron chi connectivity index (χ0n) is 11.1. The molecule has 4 nitrogen and oxygen atoms in total. The molecule has 2 rings (SSSR count). The highest BCUT2D eigenvalue weighted by molar-refractivity contribution is 9.10. The number of benzene rings is 2. The molecule has 0 aliphatic carbocycles. The lowest BCUT2D eigenvalue weighted by molar-refractivity contribution is 0.601.